The number of benzene rings is 2. The Hall–Kier alpha value is -1.06. The number of halogens is 2. The Morgan fingerprint density at radius 3 is 1.79 bits per heavy atom. The van der Waals surface area contributed by atoms with E-state index in [4.69, 9.17) is 23.2 Å². The van der Waals surface area contributed by atoms with E-state index >= 15 is 0 Å². The molecule has 3 aliphatic rings. The van der Waals surface area contributed by atoms with E-state index in [1.165, 1.54) is 0 Å². The lowest BCUT2D eigenvalue weighted by atomic mass is 9.65. The van der Waals surface area contributed by atoms with E-state index in [0.717, 1.165) is 43.6 Å². The molecule has 1 N–H and O–H groups in total. The zero-order valence-electron chi connectivity index (χ0n) is 13.5. The van der Waals surface area contributed by atoms with Gasteiger partial charge in [0.05, 0.1) is 0 Å². The van der Waals surface area contributed by atoms with Crippen LogP contribution in [0.25, 0.3) is 0 Å². The Bertz CT molecular complexity index is 694. The molecule has 0 aliphatic carbocycles. The molecule has 3 fully saturated rings. The highest BCUT2D eigenvalue weighted by Crippen LogP contribution is 2.49. The Balaban J connectivity index is 1.90. The van der Waals surface area contributed by atoms with Gasteiger partial charge in [0.2, 0.25) is 0 Å². The maximum Gasteiger partial charge on any atom is 0.122 e. The Kier molecular flexibility index (Phi) is 4.34. The SMILES string of the molecule is OC(c1ccccc1Cl)(c1ccccc1Cl)C1CN2CCC1CC2. The first kappa shape index (κ1) is 16.4. The second-order valence-corrected chi connectivity index (χ2v) is 7.79. The molecule has 126 valence electrons. The second-order valence-electron chi connectivity index (χ2n) is 6.97. The van der Waals surface area contributed by atoms with Crippen LogP contribution in [0.2, 0.25) is 10.0 Å². The van der Waals surface area contributed by atoms with Gasteiger partial charge in [0, 0.05) is 33.6 Å². The van der Waals surface area contributed by atoms with Crippen molar-refractivity contribution in [3.63, 3.8) is 0 Å². The molecule has 0 spiro atoms. The van der Waals surface area contributed by atoms with Crippen LogP contribution in [-0.4, -0.2) is 29.6 Å². The van der Waals surface area contributed by atoms with Crippen LogP contribution >= 0.6 is 23.2 Å². The Morgan fingerprint density at radius 1 is 0.875 bits per heavy atom. The van der Waals surface area contributed by atoms with Crippen LogP contribution in [0.3, 0.4) is 0 Å². The highest BCUT2D eigenvalue weighted by atomic mass is 35.5. The van der Waals surface area contributed by atoms with Gasteiger partial charge < -0.3 is 10.0 Å². The summed E-state index contributed by atoms with van der Waals surface area (Å²) in [5.41, 5.74) is 0.359. The molecule has 3 aliphatic heterocycles. The van der Waals surface area contributed by atoms with Crippen LogP contribution in [0.4, 0.5) is 0 Å². The predicted molar refractivity (Wildman–Crippen MR) is 98.6 cm³/mol. The zero-order valence-corrected chi connectivity index (χ0v) is 15.0. The van der Waals surface area contributed by atoms with Gasteiger partial charge in [-0.1, -0.05) is 59.6 Å². The van der Waals surface area contributed by atoms with Crippen molar-refractivity contribution in [1.29, 1.82) is 0 Å². The molecular formula is C20H21Cl2NO. The fourth-order valence-electron chi connectivity index (χ4n) is 4.52. The van der Waals surface area contributed by atoms with Crippen LogP contribution in [0, 0.1) is 11.8 Å². The minimum atomic E-state index is -1.17. The average Bonchev–Trinajstić information content (AvgIpc) is 2.63. The standard InChI is InChI=1S/C20H21Cl2NO/c21-18-7-3-1-5-15(18)20(24,16-6-2-4-8-19(16)22)17-13-23-11-9-14(17)10-12-23/h1-8,14,17,24H,9-13H2. The maximum atomic E-state index is 12.1. The van der Waals surface area contributed by atoms with Crippen LogP contribution < -0.4 is 0 Å². The molecule has 2 aromatic carbocycles. The first-order valence-corrected chi connectivity index (χ1v) is 9.31. The smallest absolute Gasteiger partial charge is 0.122 e. The van der Waals surface area contributed by atoms with Crippen LogP contribution in [-0.2, 0) is 5.60 Å². The largest absolute Gasteiger partial charge is 0.380 e. The van der Waals surface area contributed by atoms with E-state index in [0.29, 0.717) is 16.0 Å². The summed E-state index contributed by atoms with van der Waals surface area (Å²) in [6, 6.07) is 15.2. The van der Waals surface area contributed by atoms with Gasteiger partial charge in [-0.2, -0.15) is 0 Å². The number of rotatable bonds is 3. The van der Waals surface area contributed by atoms with Crippen molar-refractivity contribution in [2.45, 2.75) is 18.4 Å². The summed E-state index contributed by atoms with van der Waals surface area (Å²) in [6.07, 6.45) is 2.25. The Labute approximate surface area is 153 Å². The van der Waals surface area contributed by atoms with E-state index in [-0.39, 0.29) is 5.92 Å². The number of hydrogen-bond acceptors (Lipinski definition) is 2. The van der Waals surface area contributed by atoms with E-state index in [1.54, 1.807) is 0 Å². The fraction of sp³-hybridized carbons (Fsp3) is 0.400. The average molecular weight is 362 g/mol. The van der Waals surface area contributed by atoms with E-state index in [1.807, 2.05) is 48.5 Å². The summed E-state index contributed by atoms with van der Waals surface area (Å²) >= 11 is 13.0. The van der Waals surface area contributed by atoms with Gasteiger partial charge in [-0.15, -0.1) is 0 Å². The summed E-state index contributed by atoms with van der Waals surface area (Å²) in [6.45, 7) is 3.14. The van der Waals surface area contributed by atoms with Crippen molar-refractivity contribution in [3.8, 4) is 0 Å². The second kappa shape index (κ2) is 6.34. The summed E-state index contributed by atoms with van der Waals surface area (Å²) < 4.78 is 0. The lowest BCUT2D eigenvalue weighted by Crippen LogP contribution is -2.55. The number of piperidine rings is 3. The van der Waals surface area contributed by atoms with E-state index in [2.05, 4.69) is 4.90 Å². The van der Waals surface area contributed by atoms with Gasteiger partial charge in [0.1, 0.15) is 5.60 Å². The fourth-order valence-corrected chi connectivity index (χ4v) is 5.08. The molecule has 0 aromatic heterocycles. The van der Waals surface area contributed by atoms with E-state index < -0.39 is 5.60 Å². The van der Waals surface area contributed by atoms with Gasteiger partial charge in [0.15, 0.2) is 0 Å². The summed E-state index contributed by atoms with van der Waals surface area (Å²) in [5.74, 6) is 0.590. The zero-order chi connectivity index (χ0) is 16.7. The van der Waals surface area contributed by atoms with Crippen LogP contribution in [0.1, 0.15) is 24.0 Å². The van der Waals surface area contributed by atoms with Crippen molar-refractivity contribution in [3.05, 3.63) is 69.7 Å². The molecular weight excluding hydrogens is 341 g/mol. The molecule has 2 aromatic rings. The molecule has 5 rings (SSSR count). The molecule has 1 atom stereocenters. The molecule has 4 heteroatoms. The van der Waals surface area contributed by atoms with Crippen molar-refractivity contribution in [2.24, 2.45) is 11.8 Å². The van der Waals surface area contributed by atoms with E-state index in [9.17, 15) is 5.11 Å². The molecule has 2 bridgehead atoms. The highest BCUT2D eigenvalue weighted by molar-refractivity contribution is 6.32. The third-order valence-corrected chi connectivity index (χ3v) is 6.42. The Morgan fingerprint density at radius 2 is 1.38 bits per heavy atom. The number of hydrogen-bond donors (Lipinski definition) is 1. The number of fused-ring (bicyclic) bond motifs is 3. The van der Waals surface area contributed by atoms with Crippen LogP contribution in [0.5, 0.6) is 0 Å². The van der Waals surface area contributed by atoms with Gasteiger partial charge in [-0.25, -0.2) is 0 Å². The van der Waals surface area contributed by atoms with Gasteiger partial charge in [-0.3, -0.25) is 0 Å². The van der Waals surface area contributed by atoms with Gasteiger partial charge >= 0.3 is 0 Å². The molecule has 0 saturated carbocycles. The molecule has 0 radical (unpaired) electrons. The van der Waals surface area contributed by atoms with Gasteiger partial charge in [0.25, 0.3) is 0 Å². The van der Waals surface area contributed by atoms with Crippen LogP contribution in [0.15, 0.2) is 48.5 Å². The minimum Gasteiger partial charge on any atom is -0.380 e. The van der Waals surface area contributed by atoms with Crippen molar-refractivity contribution in [1.82, 2.24) is 4.90 Å². The first-order valence-electron chi connectivity index (χ1n) is 8.55. The molecule has 2 nitrogen and oxygen atoms in total. The topological polar surface area (TPSA) is 23.5 Å². The molecule has 1 unspecified atom stereocenters. The third kappa shape index (κ3) is 2.57. The molecule has 24 heavy (non-hydrogen) atoms. The van der Waals surface area contributed by atoms with Crippen molar-refractivity contribution >= 4 is 23.2 Å². The molecule has 0 amide bonds. The summed E-state index contributed by atoms with van der Waals surface area (Å²) in [5, 5.41) is 13.3. The molecule has 3 saturated heterocycles. The highest BCUT2D eigenvalue weighted by Gasteiger charge is 2.50. The summed E-state index contributed by atoms with van der Waals surface area (Å²) in [7, 11) is 0. The monoisotopic (exact) mass is 361 g/mol. The lowest BCUT2D eigenvalue weighted by Gasteiger charge is -2.51. The number of nitrogens with zero attached hydrogens (tertiary/aromatic N) is 1. The lowest BCUT2D eigenvalue weighted by molar-refractivity contribution is -0.0763. The summed E-state index contributed by atoms with van der Waals surface area (Å²) in [4.78, 5) is 2.45. The molecule has 3 heterocycles. The maximum absolute atomic E-state index is 12.1. The minimum absolute atomic E-state index is 0.0970. The van der Waals surface area contributed by atoms with Gasteiger partial charge in [-0.05, 0) is 44.0 Å². The van der Waals surface area contributed by atoms with Crippen molar-refractivity contribution < 1.29 is 5.11 Å². The van der Waals surface area contributed by atoms with Crippen molar-refractivity contribution in [2.75, 3.05) is 19.6 Å². The predicted octanol–water partition coefficient (Wildman–Crippen LogP) is 4.57. The third-order valence-electron chi connectivity index (χ3n) is 5.76. The normalized spacial score (nSPS) is 26.5. The quantitative estimate of drug-likeness (QED) is 0.865. The first-order chi connectivity index (χ1) is 11.6. The number of aliphatic hydroxyl groups is 1.